The lowest BCUT2D eigenvalue weighted by Crippen LogP contribution is -2.11. The zero-order chi connectivity index (χ0) is 11.4. The molecule has 0 saturated heterocycles. The third-order valence-corrected chi connectivity index (χ3v) is 3.55. The number of benzene rings is 1. The molecular weight excluding hydrogens is 309 g/mol. The third kappa shape index (κ3) is 3.30. The minimum atomic E-state index is -0.574. The Bertz CT molecular complexity index is 340. The van der Waals surface area contributed by atoms with Crippen LogP contribution < -0.4 is 0 Å². The summed E-state index contributed by atoms with van der Waals surface area (Å²) in [5.41, 5.74) is 0.0377. The molecule has 0 unspecified atom stereocenters. The lowest BCUT2D eigenvalue weighted by Gasteiger charge is -2.12. The van der Waals surface area contributed by atoms with Gasteiger partial charge in [-0.1, -0.05) is 0 Å². The highest BCUT2D eigenvalue weighted by molar-refractivity contribution is 9.10. The predicted octanol–water partition coefficient (Wildman–Crippen LogP) is 4.36. The predicted molar refractivity (Wildman–Crippen MR) is 62.7 cm³/mol. The van der Waals surface area contributed by atoms with Gasteiger partial charge in [-0.3, -0.25) is 0 Å². The largest absolute Gasteiger partial charge is 0.207 e. The highest BCUT2D eigenvalue weighted by Gasteiger charge is 2.16. The Balaban J connectivity index is 2.97. The van der Waals surface area contributed by atoms with Gasteiger partial charge >= 0.3 is 0 Å². The quantitative estimate of drug-likeness (QED) is 0.571. The van der Waals surface area contributed by atoms with Crippen LogP contribution in [0.4, 0.5) is 8.78 Å². The van der Waals surface area contributed by atoms with E-state index in [1.807, 2.05) is 0 Å². The first-order valence-electron chi connectivity index (χ1n) is 4.34. The maximum absolute atomic E-state index is 13.5. The first-order chi connectivity index (χ1) is 7.10. The Morgan fingerprint density at radius 3 is 2.33 bits per heavy atom. The van der Waals surface area contributed by atoms with Gasteiger partial charge in [0.25, 0.3) is 0 Å². The molecule has 0 nitrogen and oxygen atoms in total. The van der Waals surface area contributed by atoms with Crippen LogP contribution in [0.25, 0.3) is 0 Å². The maximum Gasteiger partial charge on any atom is 0.143 e. The molecule has 0 radical (unpaired) electrons. The van der Waals surface area contributed by atoms with Gasteiger partial charge in [0.05, 0.1) is 4.47 Å². The van der Waals surface area contributed by atoms with E-state index in [4.69, 9.17) is 23.2 Å². The van der Waals surface area contributed by atoms with E-state index in [2.05, 4.69) is 15.9 Å². The van der Waals surface area contributed by atoms with E-state index in [1.54, 1.807) is 0 Å². The molecule has 0 saturated carbocycles. The molecule has 0 fully saturated rings. The van der Waals surface area contributed by atoms with Crippen LogP contribution in [-0.2, 0) is 6.42 Å². The Morgan fingerprint density at radius 2 is 1.80 bits per heavy atom. The molecule has 1 aromatic rings. The summed E-state index contributed by atoms with van der Waals surface area (Å²) in [6.45, 7) is 0. The number of halogens is 5. The fourth-order valence-corrected chi connectivity index (χ4v) is 2.11. The zero-order valence-electron chi connectivity index (χ0n) is 7.74. The van der Waals surface area contributed by atoms with Crippen LogP contribution in [0.2, 0.25) is 0 Å². The summed E-state index contributed by atoms with van der Waals surface area (Å²) in [7, 11) is 0. The van der Waals surface area contributed by atoms with Crippen molar-refractivity contribution in [2.24, 2.45) is 5.92 Å². The van der Waals surface area contributed by atoms with Gasteiger partial charge in [-0.2, -0.15) is 0 Å². The molecule has 15 heavy (non-hydrogen) atoms. The average molecular weight is 318 g/mol. The Labute approximate surface area is 106 Å². The van der Waals surface area contributed by atoms with Gasteiger partial charge in [0.15, 0.2) is 0 Å². The van der Waals surface area contributed by atoms with Crippen molar-refractivity contribution in [1.29, 1.82) is 0 Å². The molecule has 0 aliphatic carbocycles. The van der Waals surface area contributed by atoms with Crippen molar-refractivity contribution >= 4 is 39.1 Å². The second kappa shape index (κ2) is 6.02. The average Bonchev–Trinajstić information content (AvgIpc) is 2.24. The fourth-order valence-electron chi connectivity index (χ4n) is 1.20. The second-order valence-corrected chi connectivity index (χ2v) is 4.67. The van der Waals surface area contributed by atoms with E-state index in [1.165, 1.54) is 12.1 Å². The number of hydrogen-bond acceptors (Lipinski definition) is 0. The van der Waals surface area contributed by atoms with Crippen LogP contribution in [0.1, 0.15) is 5.56 Å². The van der Waals surface area contributed by atoms with E-state index in [0.717, 1.165) is 0 Å². The van der Waals surface area contributed by atoms with Crippen molar-refractivity contribution in [1.82, 2.24) is 0 Å². The highest BCUT2D eigenvalue weighted by atomic mass is 79.9. The van der Waals surface area contributed by atoms with Gasteiger partial charge in [0.1, 0.15) is 11.6 Å². The molecule has 0 N–H and O–H groups in total. The molecule has 0 heterocycles. The molecule has 0 bridgehead atoms. The third-order valence-electron chi connectivity index (χ3n) is 2.07. The Kier molecular flexibility index (Phi) is 5.30. The van der Waals surface area contributed by atoms with Crippen LogP contribution in [0, 0.1) is 17.6 Å². The molecule has 5 heteroatoms. The lowest BCUT2D eigenvalue weighted by molar-refractivity contribution is 0.525. The topological polar surface area (TPSA) is 0 Å². The summed E-state index contributed by atoms with van der Waals surface area (Å²) in [4.78, 5) is 0. The fraction of sp³-hybridized carbons (Fsp3) is 0.400. The van der Waals surface area contributed by atoms with Crippen LogP contribution in [0.5, 0.6) is 0 Å². The molecule has 0 amide bonds. The Hall–Kier alpha value is 0.140. The van der Waals surface area contributed by atoms with E-state index < -0.39 is 11.6 Å². The monoisotopic (exact) mass is 316 g/mol. The van der Waals surface area contributed by atoms with E-state index in [-0.39, 0.29) is 34.1 Å². The molecular formula is C10H9BrCl2F2. The number of alkyl halides is 2. The van der Waals surface area contributed by atoms with Crippen molar-refractivity contribution < 1.29 is 8.78 Å². The van der Waals surface area contributed by atoms with Crippen molar-refractivity contribution in [3.05, 3.63) is 33.8 Å². The van der Waals surface area contributed by atoms with Gasteiger partial charge in [-0.15, -0.1) is 23.2 Å². The molecule has 0 atom stereocenters. The van der Waals surface area contributed by atoms with Crippen molar-refractivity contribution in [2.45, 2.75) is 6.42 Å². The molecule has 0 aromatic heterocycles. The molecule has 84 valence electrons. The minimum absolute atomic E-state index is 0.0377. The molecule has 1 rings (SSSR count). The Morgan fingerprint density at radius 1 is 1.20 bits per heavy atom. The molecule has 0 aliphatic rings. The van der Waals surface area contributed by atoms with Crippen molar-refractivity contribution in [2.75, 3.05) is 11.8 Å². The second-order valence-electron chi connectivity index (χ2n) is 3.20. The SMILES string of the molecule is Fc1ccc(Br)c(F)c1CC(CCl)CCl. The number of hydrogen-bond donors (Lipinski definition) is 0. The summed E-state index contributed by atoms with van der Waals surface area (Å²) < 4.78 is 27.1. The van der Waals surface area contributed by atoms with Gasteiger partial charge in [0, 0.05) is 17.3 Å². The van der Waals surface area contributed by atoms with Gasteiger partial charge in [0.2, 0.25) is 0 Å². The van der Waals surface area contributed by atoms with E-state index in [0.29, 0.717) is 0 Å². The summed E-state index contributed by atoms with van der Waals surface area (Å²) in [5, 5.41) is 0. The van der Waals surface area contributed by atoms with Crippen molar-refractivity contribution in [3.8, 4) is 0 Å². The molecule has 1 aromatic carbocycles. The van der Waals surface area contributed by atoms with E-state index in [9.17, 15) is 8.78 Å². The van der Waals surface area contributed by atoms with Crippen molar-refractivity contribution in [3.63, 3.8) is 0 Å². The minimum Gasteiger partial charge on any atom is -0.207 e. The molecule has 0 aliphatic heterocycles. The van der Waals surface area contributed by atoms with Crippen LogP contribution in [-0.4, -0.2) is 11.8 Å². The first kappa shape index (κ1) is 13.2. The van der Waals surface area contributed by atoms with Gasteiger partial charge in [-0.05, 0) is 40.4 Å². The highest BCUT2D eigenvalue weighted by Crippen LogP contribution is 2.24. The smallest absolute Gasteiger partial charge is 0.143 e. The van der Waals surface area contributed by atoms with E-state index >= 15 is 0 Å². The lowest BCUT2D eigenvalue weighted by atomic mass is 10.0. The number of rotatable bonds is 4. The zero-order valence-corrected chi connectivity index (χ0v) is 10.8. The first-order valence-corrected chi connectivity index (χ1v) is 6.20. The standard InChI is InChI=1S/C10H9BrCl2F2/c11-8-1-2-9(14)7(10(8)15)3-6(4-12)5-13/h1-2,6H,3-5H2. The maximum atomic E-state index is 13.5. The summed E-state index contributed by atoms with van der Waals surface area (Å²) in [5.74, 6) is -0.679. The van der Waals surface area contributed by atoms with Crippen LogP contribution in [0.3, 0.4) is 0 Å². The van der Waals surface area contributed by atoms with Crippen LogP contribution in [0.15, 0.2) is 16.6 Å². The van der Waals surface area contributed by atoms with Crippen LogP contribution >= 0.6 is 39.1 Å². The summed E-state index contributed by atoms with van der Waals surface area (Å²) >= 11 is 14.2. The summed E-state index contributed by atoms with van der Waals surface area (Å²) in [6.07, 6.45) is 0.212. The van der Waals surface area contributed by atoms with Gasteiger partial charge in [-0.25, -0.2) is 8.78 Å². The van der Waals surface area contributed by atoms with Gasteiger partial charge < -0.3 is 0 Å². The summed E-state index contributed by atoms with van der Waals surface area (Å²) in [6, 6.07) is 2.56. The molecule has 0 spiro atoms. The normalized spacial score (nSPS) is 11.1.